The average molecular weight is 248 g/mol. The molecule has 1 unspecified atom stereocenters. The molecule has 1 aromatic heterocycles. The van der Waals surface area contributed by atoms with Gasteiger partial charge in [-0.3, -0.25) is 4.98 Å². The van der Waals surface area contributed by atoms with Crippen LogP contribution in [-0.4, -0.2) is 4.98 Å². The number of hydrogen-bond donors (Lipinski definition) is 1. The van der Waals surface area contributed by atoms with Crippen molar-refractivity contribution in [1.82, 2.24) is 4.98 Å². The number of aryl methyl sites for hydroxylation is 1. The normalized spacial score (nSPS) is 12.6. The zero-order valence-corrected chi connectivity index (χ0v) is 12.0. The summed E-state index contributed by atoms with van der Waals surface area (Å²) in [6.07, 6.45) is 12.4. The van der Waals surface area contributed by atoms with E-state index in [1.807, 2.05) is 19.2 Å². The zero-order chi connectivity index (χ0) is 13.2. The highest BCUT2D eigenvalue weighted by atomic mass is 14.7. The summed E-state index contributed by atoms with van der Waals surface area (Å²) in [4.78, 5) is 4.20. The van der Waals surface area contributed by atoms with E-state index in [1.165, 1.54) is 50.5 Å². The first kappa shape index (κ1) is 15.2. The maximum atomic E-state index is 6.20. The minimum atomic E-state index is 0.183. The molecule has 0 aromatic carbocycles. The summed E-state index contributed by atoms with van der Waals surface area (Å²) < 4.78 is 0. The van der Waals surface area contributed by atoms with Crippen molar-refractivity contribution in [3.8, 4) is 0 Å². The van der Waals surface area contributed by atoms with Crippen LogP contribution in [0, 0.1) is 6.92 Å². The third kappa shape index (κ3) is 6.15. The lowest BCUT2D eigenvalue weighted by atomic mass is 10.0. The molecule has 0 radical (unpaired) electrons. The lowest BCUT2D eigenvalue weighted by Gasteiger charge is -2.12. The summed E-state index contributed by atoms with van der Waals surface area (Å²) in [5.41, 5.74) is 8.49. The lowest BCUT2D eigenvalue weighted by Crippen LogP contribution is -2.10. The Morgan fingerprint density at radius 2 is 1.78 bits per heavy atom. The molecule has 102 valence electrons. The number of aromatic nitrogens is 1. The van der Waals surface area contributed by atoms with Crippen molar-refractivity contribution >= 4 is 0 Å². The Morgan fingerprint density at radius 3 is 2.44 bits per heavy atom. The highest BCUT2D eigenvalue weighted by molar-refractivity contribution is 5.18. The number of unbranched alkanes of at least 4 members (excludes halogenated alkanes) is 6. The Hall–Kier alpha value is -0.890. The standard InChI is InChI=1S/C16H28N2/c1-3-4-5-6-7-8-9-10-16(17)15-11-12-18-14(2)13-15/h11-13,16H,3-10,17H2,1-2H3. The van der Waals surface area contributed by atoms with Gasteiger partial charge in [-0.1, -0.05) is 51.9 Å². The van der Waals surface area contributed by atoms with Gasteiger partial charge >= 0.3 is 0 Å². The molecule has 0 aliphatic heterocycles. The fourth-order valence-corrected chi connectivity index (χ4v) is 2.29. The van der Waals surface area contributed by atoms with E-state index in [0.717, 1.165) is 12.1 Å². The first-order valence-electron chi connectivity index (χ1n) is 7.42. The molecule has 2 nitrogen and oxygen atoms in total. The van der Waals surface area contributed by atoms with Gasteiger partial charge in [0.1, 0.15) is 0 Å². The van der Waals surface area contributed by atoms with Crippen LogP contribution in [0.2, 0.25) is 0 Å². The Morgan fingerprint density at radius 1 is 1.11 bits per heavy atom. The largest absolute Gasteiger partial charge is 0.324 e. The van der Waals surface area contributed by atoms with E-state index in [2.05, 4.69) is 18.0 Å². The fraction of sp³-hybridized carbons (Fsp3) is 0.688. The summed E-state index contributed by atoms with van der Waals surface area (Å²) in [5, 5.41) is 0. The molecule has 2 N–H and O–H groups in total. The van der Waals surface area contributed by atoms with Crippen molar-refractivity contribution in [3.05, 3.63) is 29.6 Å². The SMILES string of the molecule is CCCCCCCCCC(N)c1ccnc(C)c1. The molecule has 0 aliphatic carbocycles. The Labute approximate surface area is 112 Å². The highest BCUT2D eigenvalue weighted by Gasteiger charge is 2.05. The molecule has 0 saturated carbocycles. The average Bonchev–Trinajstić information content (AvgIpc) is 2.37. The Balaban J connectivity index is 2.12. The van der Waals surface area contributed by atoms with E-state index in [9.17, 15) is 0 Å². The molecule has 0 bridgehead atoms. The van der Waals surface area contributed by atoms with Crippen LogP contribution >= 0.6 is 0 Å². The molecule has 0 aliphatic rings. The molecular weight excluding hydrogens is 220 g/mol. The minimum Gasteiger partial charge on any atom is -0.324 e. The molecule has 0 amide bonds. The van der Waals surface area contributed by atoms with Crippen LogP contribution in [0.1, 0.15) is 75.6 Å². The van der Waals surface area contributed by atoms with Crippen molar-refractivity contribution in [1.29, 1.82) is 0 Å². The summed E-state index contributed by atoms with van der Waals surface area (Å²) in [6, 6.07) is 4.33. The van der Waals surface area contributed by atoms with Gasteiger partial charge in [-0.15, -0.1) is 0 Å². The Bertz CT molecular complexity index is 323. The Kier molecular flexibility index (Phi) is 7.66. The number of hydrogen-bond acceptors (Lipinski definition) is 2. The molecule has 0 spiro atoms. The maximum Gasteiger partial charge on any atom is 0.0375 e. The third-order valence-electron chi connectivity index (χ3n) is 3.47. The van der Waals surface area contributed by atoms with E-state index in [0.29, 0.717) is 0 Å². The monoisotopic (exact) mass is 248 g/mol. The molecule has 1 aromatic rings. The van der Waals surface area contributed by atoms with E-state index in [4.69, 9.17) is 5.73 Å². The fourth-order valence-electron chi connectivity index (χ4n) is 2.29. The summed E-state index contributed by atoms with van der Waals surface area (Å²) in [6.45, 7) is 4.28. The smallest absolute Gasteiger partial charge is 0.0375 e. The highest BCUT2D eigenvalue weighted by Crippen LogP contribution is 2.18. The van der Waals surface area contributed by atoms with E-state index in [-0.39, 0.29) is 6.04 Å². The van der Waals surface area contributed by atoms with Gasteiger partial charge in [0.2, 0.25) is 0 Å². The molecule has 0 fully saturated rings. The first-order valence-corrected chi connectivity index (χ1v) is 7.42. The van der Waals surface area contributed by atoms with Crippen molar-refractivity contribution in [2.75, 3.05) is 0 Å². The molecule has 1 atom stereocenters. The first-order chi connectivity index (χ1) is 8.74. The third-order valence-corrected chi connectivity index (χ3v) is 3.47. The predicted molar refractivity (Wildman–Crippen MR) is 78.5 cm³/mol. The van der Waals surface area contributed by atoms with Crippen LogP contribution in [0.4, 0.5) is 0 Å². The number of rotatable bonds is 9. The van der Waals surface area contributed by atoms with Crippen molar-refractivity contribution in [2.24, 2.45) is 5.73 Å². The van der Waals surface area contributed by atoms with Crippen LogP contribution in [0.15, 0.2) is 18.3 Å². The van der Waals surface area contributed by atoms with E-state index in [1.54, 1.807) is 0 Å². The second-order valence-electron chi connectivity index (χ2n) is 5.25. The van der Waals surface area contributed by atoms with Crippen LogP contribution in [0.5, 0.6) is 0 Å². The number of nitrogens with two attached hydrogens (primary N) is 1. The molecule has 2 heteroatoms. The molecule has 1 rings (SSSR count). The molecule has 0 saturated heterocycles. The number of nitrogens with zero attached hydrogens (tertiary/aromatic N) is 1. The van der Waals surface area contributed by atoms with Crippen LogP contribution in [0.3, 0.4) is 0 Å². The van der Waals surface area contributed by atoms with Crippen LogP contribution in [-0.2, 0) is 0 Å². The van der Waals surface area contributed by atoms with Gasteiger partial charge in [-0.2, -0.15) is 0 Å². The molecule has 1 heterocycles. The molecule has 18 heavy (non-hydrogen) atoms. The van der Waals surface area contributed by atoms with Crippen molar-refractivity contribution in [2.45, 2.75) is 71.3 Å². The van der Waals surface area contributed by atoms with Crippen LogP contribution < -0.4 is 5.73 Å². The van der Waals surface area contributed by atoms with E-state index < -0.39 is 0 Å². The van der Waals surface area contributed by atoms with Gasteiger partial charge in [0, 0.05) is 17.9 Å². The summed E-state index contributed by atoms with van der Waals surface area (Å²) >= 11 is 0. The maximum absolute atomic E-state index is 6.20. The van der Waals surface area contributed by atoms with E-state index >= 15 is 0 Å². The topological polar surface area (TPSA) is 38.9 Å². The quantitative estimate of drug-likeness (QED) is 0.652. The van der Waals surface area contributed by atoms with Gasteiger partial charge in [-0.25, -0.2) is 0 Å². The summed E-state index contributed by atoms with van der Waals surface area (Å²) in [5.74, 6) is 0. The van der Waals surface area contributed by atoms with Gasteiger partial charge in [-0.05, 0) is 31.0 Å². The van der Waals surface area contributed by atoms with Crippen molar-refractivity contribution in [3.63, 3.8) is 0 Å². The summed E-state index contributed by atoms with van der Waals surface area (Å²) in [7, 11) is 0. The zero-order valence-electron chi connectivity index (χ0n) is 12.0. The van der Waals surface area contributed by atoms with Crippen molar-refractivity contribution < 1.29 is 0 Å². The second kappa shape index (κ2) is 9.09. The molecular formula is C16H28N2. The van der Waals surface area contributed by atoms with Crippen LogP contribution in [0.25, 0.3) is 0 Å². The van der Waals surface area contributed by atoms with Gasteiger partial charge in [0.15, 0.2) is 0 Å². The minimum absolute atomic E-state index is 0.183. The predicted octanol–water partition coefficient (Wildman–Crippen LogP) is 4.53. The lowest BCUT2D eigenvalue weighted by molar-refractivity contribution is 0.540. The van der Waals surface area contributed by atoms with Gasteiger partial charge in [0.05, 0.1) is 0 Å². The van der Waals surface area contributed by atoms with Gasteiger partial charge in [0.25, 0.3) is 0 Å². The second-order valence-corrected chi connectivity index (χ2v) is 5.25. The number of pyridine rings is 1. The van der Waals surface area contributed by atoms with Gasteiger partial charge < -0.3 is 5.73 Å².